The quantitative estimate of drug-likeness (QED) is 0.220. The SMILES string of the molecule is CCC(C)c1cc(C(C)CC)c(CCc2c(C(C)CC)cc(C(C)CC)cc2C(C)CC)c(C(C)CC)c1. The van der Waals surface area contributed by atoms with E-state index in [1.165, 1.54) is 38.5 Å². The molecule has 0 nitrogen and oxygen atoms in total. The van der Waals surface area contributed by atoms with Gasteiger partial charge in [0.15, 0.2) is 0 Å². The van der Waals surface area contributed by atoms with E-state index in [9.17, 15) is 0 Å². The van der Waals surface area contributed by atoms with Gasteiger partial charge in [0, 0.05) is 0 Å². The van der Waals surface area contributed by atoms with Gasteiger partial charge >= 0.3 is 0 Å². The molecular formula is C38H62. The van der Waals surface area contributed by atoms with Crippen LogP contribution in [0.4, 0.5) is 0 Å². The maximum Gasteiger partial charge on any atom is -0.0190 e. The minimum atomic E-state index is 0.604. The van der Waals surface area contributed by atoms with Gasteiger partial charge in [0.2, 0.25) is 0 Å². The van der Waals surface area contributed by atoms with E-state index in [0.29, 0.717) is 35.5 Å². The monoisotopic (exact) mass is 518 g/mol. The van der Waals surface area contributed by atoms with Gasteiger partial charge in [0.25, 0.3) is 0 Å². The average molecular weight is 519 g/mol. The maximum absolute atomic E-state index is 2.60. The van der Waals surface area contributed by atoms with Gasteiger partial charge in [-0.1, -0.05) is 107 Å². The van der Waals surface area contributed by atoms with Crippen molar-refractivity contribution in [3.8, 4) is 0 Å². The molecule has 2 aromatic rings. The predicted octanol–water partition coefficient (Wildman–Crippen LogP) is 12.6. The Morgan fingerprint density at radius 3 is 0.763 bits per heavy atom. The van der Waals surface area contributed by atoms with E-state index >= 15 is 0 Å². The van der Waals surface area contributed by atoms with Crippen LogP contribution in [0.1, 0.15) is 202 Å². The van der Waals surface area contributed by atoms with Crippen molar-refractivity contribution in [2.75, 3.05) is 0 Å². The second kappa shape index (κ2) is 15.3. The van der Waals surface area contributed by atoms with Crippen molar-refractivity contribution in [1.82, 2.24) is 0 Å². The predicted molar refractivity (Wildman–Crippen MR) is 173 cm³/mol. The summed E-state index contributed by atoms with van der Waals surface area (Å²) in [5.74, 6) is 3.66. The van der Waals surface area contributed by atoms with E-state index in [-0.39, 0.29) is 0 Å². The lowest BCUT2D eigenvalue weighted by atomic mass is 9.77. The highest BCUT2D eigenvalue weighted by Gasteiger charge is 2.23. The van der Waals surface area contributed by atoms with Crippen LogP contribution in [0.3, 0.4) is 0 Å². The van der Waals surface area contributed by atoms with Crippen molar-refractivity contribution in [2.24, 2.45) is 0 Å². The molecule has 0 aromatic heterocycles. The molecule has 0 spiro atoms. The zero-order chi connectivity index (χ0) is 28.6. The van der Waals surface area contributed by atoms with Crippen LogP contribution in [0.15, 0.2) is 24.3 Å². The second-order valence-electron chi connectivity index (χ2n) is 12.7. The van der Waals surface area contributed by atoms with Crippen LogP contribution in [-0.2, 0) is 12.8 Å². The van der Waals surface area contributed by atoms with Crippen LogP contribution in [0.25, 0.3) is 0 Å². The first kappa shape index (κ1) is 32.7. The molecule has 0 heteroatoms. The first-order chi connectivity index (χ1) is 18.1. The summed E-state index contributed by atoms with van der Waals surface area (Å²) in [6.45, 7) is 28.8. The summed E-state index contributed by atoms with van der Waals surface area (Å²) >= 11 is 0. The highest BCUT2D eigenvalue weighted by molar-refractivity contribution is 5.47. The van der Waals surface area contributed by atoms with Gasteiger partial charge in [-0.15, -0.1) is 0 Å². The molecular weight excluding hydrogens is 456 g/mol. The molecule has 38 heavy (non-hydrogen) atoms. The van der Waals surface area contributed by atoms with Crippen molar-refractivity contribution in [3.05, 3.63) is 68.8 Å². The summed E-state index contributed by atoms with van der Waals surface area (Å²) in [4.78, 5) is 0. The standard InChI is InChI=1S/C38H62/c1-13-25(7)31-21-35(27(9)15-3)33(36(22-31)28(10)16-4)19-20-34-37(29(11)17-5)23-32(26(8)14-2)24-38(34)30(12)18-6/h21-30H,13-20H2,1-12H3. The van der Waals surface area contributed by atoms with Crippen molar-refractivity contribution >= 4 is 0 Å². The molecule has 0 heterocycles. The first-order valence-electron chi connectivity index (χ1n) is 16.4. The molecule has 0 bridgehead atoms. The molecule has 0 N–H and O–H groups in total. The Bertz CT molecular complexity index is 852. The zero-order valence-corrected chi connectivity index (χ0v) is 27.4. The normalized spacial score (nSPS) is 16.6. The fraction of sp³-hybridized carbons (Fsp3) is 0.684. The van der Waals surface area contributed by atoms with Crippen molar-refractivity contribution in [1.29, 1.82) is 0 Å². The van der Waals surface area contributed by atoms with Gasteiger partial charge in [-0.3, -0.25) is 0 Å². The Morgan fingerprint density at radius 2 is 0.579 bits per heavy atom. The lowest BCUT2D eigenvalue weighted by Crippen LogP contribution is -2.13. The van der Waals surface area contributed by atoms with E-state index in [2.05, 4.69) is 107 Å². The molecule has 6 atom stereocenters. The number of rotatable bonds is 15. The molecule has 0 aliphatic carbocycles. The van der Waals surface area contributed by atoms with E-state index in [1.807, 2.05) is 0 Å². The highest BCUT2D eigenvalue weighted by Crippen LogP contribution is 2.39. The van der Waals surface area contributed by atoms with E-state index in [1.54, 1.807) is 44.5 Å². The zero-order valence-electron chi connectivity index (χ0n) is 27.4. The van der Waals surface area contributed by atoms with Gasteiger partial charge in [-0.25, -0.2) is 0 Å². The number of hydrogen-bond acceptors (Lipinski definition) is 0. The van der Waals surface area contributed by atoms with Crippen molar-refractivity contribution in [2.45, 2.75) is 170 Å². The smallest absolute Gasteiger partial charge is 0.0190 e. The van der Waals surface area contributed by atoms with E-state index in [4.69, 9.17) is 0 Å². The van der Waals surface area contributed by atoms with Gasteiger partial charge in [0.05, 0.1) is 0 Å². The van der Waals surface area contributed by atoms with Crippen molar-refractivity contribution in [3.63, 3.8) is 0 Å². The highest BCUT2D eigenvalue weighted by atomic mass is 14.3. The van der Waals surface area contributed by atoms with Crippen LogP contribution in [0, 0.1) is 0 Å². The Labute approximate surface area is 238 Å². The number of hydrogen-bond donors (Lipinski definition) is 0. The molecule has 214 valence electrons. The van der Waals surface area contributed by atoms with Gasteiger partial charge in [0.1, 0.15) is 0 Å². The minimum Gasteiger partial charge on any atom is -0.0648 e. The third-order valence-corrected chi connectivity index (χ3v) is 10.2. The molecule has 6 unspecified atom stereocenters. The summed E-state index contributed by atoms with van der Waals surface area (Å²) < 4.78 is 0. The van der Waals surface area contributed by atoms with Crippen LogP contribution in [0.2, 0.25) is 0 Å². The first-order valence-corrected chi connectivity index (χ1v) is 16.4. The van der Waals surface area contributed by atoms with E-state index < -0.39 is 0 Å². The fourth-order valence-corrected chi connectivity index (χ4v) is 5.99. The molecule has 0 aliphatic heterocycles. The maximum atomic E-state index is 2.60. The van der Waals surface area contributed by atoms with Crippen molar-refractivity contribution < 1.29 is 0 Å². The molecule has 0 fully saturated rings. The lowest BCUT2D eigenvalue weighted by Gasteiger charge is -2.28. The fourth-order valence-electron chi connectivity index (χ4n) is 5.99. The summed E-state index contributed by atoms with van der Waals surface area (Å²) in [5, 5.41) is 0. The Balaban J connectivity index is 2.75. The lowest BCUT2D eigenvalue weighted by molar-refractivity contribution is 0.659. The third-order valence-electron chi connectivity index (χ3n) is 10.2. The third kappa shape index (κ3) is 7.55. The summed E-state index contributed by atoms with van der Waals surface area (Å²) in [7, 11) is 0. The van der Waals surface area contributed by atoms with Crippen LogP contribution in [0.5, 0.6) is 0 Å². The topological polar surface area (TPSA) is 0 Å². The molecule has 0 saturated heterocycles. The second-order valence-corrected chi connectivity index (χ2v) is 12.7. The van der Waals surface area contributed by atoms with Crippen LogP contribution >= 0.6 is 0 Å². The molecule has 2 aromatic carbocycles. The molecule has 0 saturated carbocycles. The average Bonchev–Trinajstić information content (AvgIpc) is 2.96. The summed E-state index contributed by atoms with van der Waals surface area (Å²) in [5.41, 5.74) is 13.0. The Hall–Kier alpha value is -1.56. The van der Waals surface area contributed by atoms with E-state index in [0.717, 1.165) is 12.8 Å². The van der Waals surface area contributed by atoms with Gasteiger partial charge in [-0.2, -0.15) is 0 Å². The molecule has 2 rings (SSSR count). The Morgan fingerprint density at radius 1 is 0.368 bits per heavy atom. The van der Waals surface area contributed by atoms with Gasteiger partial charge < -0.3 is 0 Å². The van der Waals surface area contributed by atoms with Crippen LogP contribution in [-0.4, -0.2) is 0 Å². The molecule has 0 radical (unpaired) electrons. The molecule has 0 amide bonds. The van der Waals surface area contributed by atoms with Crippen LogP contribution < -0.4 is 0 Å². The Kier molecular flexibility index (Phi) is 13.1. The van der Waals surface area contributed by atoms with Gasteiger partial charge in [-0.05, 0) is 131 Å². The number of benzene rings is 2. The summed E-state index contributed by atoms with van der Waals surface area (Å²) in [6, 6.07) is 10.4. The summed E-state index contributed by atoms with van der Waals surface area (Å²) in [6.07, 6.45) is 9.56. The minimum absolute atomic E-state index is 0.604. The largest absolute Gasteiger partial charge is 0.0648 e. The molecule has 0 aliphatic rings.